The van der Waals surface area contributed by atoms with Crippen LogP contribution >= 0.6 is 11.3 Å². The minimum Gasteiger partial charge on any atom is -0.481 e. The van der Waals surface area contributed by atoms with Crippen LogP contribution in [0, 0.1) is 0 Å². The molecule has 2 rings (SSSR count). The van der Waals surface area contributed by atoms with Crippen molar-refractivity contribution in [3.8, 4) is 5.75 Å². The molecule has 0 saturated heterocycles. The van der Waals surface area contributed by atoms with Crippen LogP contribution in [0.25, 0.3) is 0 Å². The molecule has 6 heteroatoms. The van der Waals surface area contributed by atoms with Crippen LogP contribution in [-0.2, 0) is 11.2 Å². The number of hydrogen-bond donors (Lipinski definition) is 1. The first-order valence-corrected chi connectivity index (χ1v) is 7.85. The lowest BCUT2D eigenvalue weighted by molar-refractivity contribution is -0.122. The molecule has 1 atom stereocenters. The lowest BCUT2D eigenvalue weighted by Gasteiger charge is -2.13. The molecule has 0 radical (unpaired) electrons. The molecule has 0 aliphatic rings. The van der Waals surface area contributed by atoms with E-state index in [1.807, 2.05) is 30.3 Å². The van der Waals surface area contributed by atoms with Crippen LogP contribution in [0.3, 0.4) is 0 Å². The molecule has 5 nitrogen and oxygen atoms in total. The van der Waals surface area contributed by atoms with Crippen molar-refractivity contribution in [1.82, 2.24) is 10.2 Å². The van der Waals surface area contributed by atoms with Gasteiger partial charge in [0.15, 0.2) is 6.10 Å². The molecule has 0 aliphatic heterocycles. The largest absolute Gasteiger partial charge is 0.481 e. The van der Waals surface area contributed by atoms with Crippen LogP contribution in [0.5, 0.6) is 5.75 Å². The molecule has 1 amide bonds. The lowest BCUT2D eigenvalue weighted by atomic mass is 10.3. The molecule has 0 bridgehead atoms. The number of rotatable bonds is 7. The summed E-state index contributed by atoms with van der Waals surface area (Å²) in [5.74, 6) is 0.443. The molecule has 0 saturated carbocycles. The van der Waals surface area contributed by atoms with Gasteiger partial charge in [-0.05, 0) is 25.5 Å². The van der Waals surface area contributed by atoms with Gasteiger partial charge in [-0.2, -0.15) is 0 Å². The Labute approximate surface area is 128 Å². The number of carbonyl (C=O) groups excluding carboxylic acids is 1. The third-order valence-corrected chi connectivity index (χ3v) is 3.76. The number of benzene rings is 1. The third-order valence-electron chi connectivity index (χ3n) is 2.87. The number of unbranched alkanes of at least 4 members (excludes halogenated alkanes) is 1. The molecule has 21 heavy (non-hydrogen) atoms. The Balaban J connectivity index is 1.87. The van der Waals surface area contributed by atoms with Gasteiger partial charge in [-0.3, -0.25) is 10.1 Å². The molecular weight excluding hydrogens is 286 g/mol. The number of nitrogens with zero attached hydrogens (tertiary/aromatic N) is 2. The monoisotopic (exact) mass is 305 g/mol. The van der Waals surface area contributed by atoms with Gasteiger partial charge < -0.3 is 4.74 Å². The van der Waals surface area contributed by atoms with Crippen molar-refractivity contribution in [3.05, 3.63) is 35.3 Å². The van der Waals surface area contributed by atoms with Crippen LogP contribution in [0.15, 0.2) is 30.3 Å². The number of carbonyl (C=O) groups is 1. The zero-order chi connectivity index (χ0) is 15.1. The first kappa shape index (κ1) is 15.4. The minimum atomic E-state index is -0.588. The summed E-state index contributed by atoms with van der Waals surface area (Å²) in [6.45, 7) is 3.84. The average molecular weight is 305 g/mol. The van der Waals surface area contributed by atoms with E-state index in [0.717, 1.165) is 24.3 Å². The second-order valence-electron chi connectivity index (χ2n) is 4.67. The summed E-state index contributed by atoms with van der Waals surface area (Å²) in [6.07, 6.45) is 2.51. The summed E-state index contributed by atoms with van der Waals surface area (Å²) in [6, 6.07) is 9.27. The second kappa shape index (κ2) is 7.73. The maximum Gasteiger partial charge on any atom is 0.266 e. The van der Waals surface area contributed by atoms with Gasteiger partial charge in [0.25, 0.3) is 5.91 Å². The Morgan fingerprint density at radius 2 is 2.10 bits per heavy atom. The van der Waals surface area contributed by atoms with E-state index in [9.17, 15) is 4.79 Å². The normalized spacial score (nSPS) is 11.9. The fourth-order valence-electron chi connectivity index (χ4n) is 1.70. The second-order valence-corrected chi connectivity index (χ2v) is 5.73. The summed E-state index contributed by atoms with van der Waals surface area (Å²) in [4.78, 5) is 12.0. The molecule has 0 spiro atoms. The van der Waals surface area contributed by atoms with Gasteiger partial charge in [0, 0.05) is 6.42 Å². The number of anilines is 1. The summed E-state index contributed by atoms with van der Waals surface area (Å²) < 4.78 is 5.56. The summed E-state index contributed by atoms with van der Waals surface area (Å²) in [5, 5.41) is 12.3. The molecule has 112 valence electrons. The zero-order valence-corrected chi connectivity index (χ0v) is 13.0. The molecule has 1 aromatic carbocycles. The van der Waals surface area contributed by atoms with E-state index in [1.165, 1.54) is 11.3 Å². The highest BCUT2D eigenvalue weighted by Gasteiger charge is 2.16. The number of hydrogen-bond acceptors (Lipinski definition) is 5. The molecule has 1 aromatic heterocycles. The van der Waals surface area contributed by atoms with Crippen molar-refractivity contribution in [2.45, 2.75) is 39.2 Å². The minimum absolute atomic E-state index is 0.225. The molecule has 1 N–H and O–H groups in total. The highest BCUT2D eigenvalue weighted by molar-refractivity contribution is 7.15. The summed E-state index contributed by atoms with van der Waals surface area (Å²) in [5.41, 5.74) is 0. The highest BCUT2D eigenvalue weighted by Crippen LogP contribution is 2.18. The van der Waals surface area contributed by atoms with Crippen molar-refractivity contribution >= 4 is 22.4 Å². The average Bonchev–Trinajstić information content (AvgIpc) is 2.93. The molecule has 1 heterocycles. The highest BCUT2D eigenvalue weighted by atomic mass is 32.1. The quantitative estimate of drug-likeness (QED) is 0.852. The number of aryl methyl sites for hydroxylation is 1. The smallest absolute Gasteiger partial charge is 0.266 e. The number of ether oxygens (including phenoxy) is 1. The maximum atomic E-state index is 12.0. The van der Waals surface area contributed by atoms with E-state index in [2.05, 4.69) is 22.4 Å². The Bertz CT molecular complexity index is 571. The van der Waals surface area contributed by atoms with Crippen molar-refractivity contribution < 1.29 is 9.53 Å². The van der Waals surface area contributed by atoms with Gasteiger partial charge >= 0.3 is 0 Å². The fraction of sp³-hybridized carbons (Fsp3) is 0.400. The Morgan fingerprint density at radius 1 is 1.33 bits per heavy atom. The first-order valence-electron chi connectivity index (χ1n) is 7.04. The Kier molecular flexibility index (Phi) is 5.68. The van der Waals surface area contributed by atoms with E-state index in [1.54, 1.807) is 6.92 Å². The van der Waals surface area contributed by atoms with E-state index in [0.29, 0.717) is 10.9 Å². The van der Waals surface area contributed by atoms with Crippen LogP contribution < -0.4 is 10.1 Å². The van der Waals surface area contributed by atoms with Crippen molar-refractivity contribution in [3.63, 3.8) is 0 Å². The van der Waals surface area contributed by atoms with Crippen LogP contribution in [0.2, 0.25) is 0 Å². The standard InChI is InChI=1S/C15H19N3O2S/c1-3-4-10-13-17-18-15(21-13)16-14(19)11(2)20-12-8-6-5-7-9-12/h5-9,11H,3-4,10H2,1-2H3,(H,16,18,19)/t11-/m0/s1. The van der Waals surface area contributed by atoms with Crippen molar-refractivity contribution in [2.24, 2.45) is 0 Å². The van der Waals surface area contributed by atoms with Crippen molar-refractivity contribution in [2.75, 3.05) is 5.32 Å². The van der Waals surface area contributed by atoms with Crippen molar-refractivity contribution in [1.29, 1.82) is 0 Å². The van der Waals surface area contributed by atoms with E-state index in [4.69, 9.17) is 4.74 Å². The van der Waals surface area contributed by atoms with Crippen LogP contribution in [0.4, 0.5) is 5.13 Å². The van der Waals surface area contributed by atoms with Gasteiger partial charge in [0.2, 0.25) is 5.13 Å². The van der Waals surface area contributed by atoms with E-state index < -0.39 is 6.10 Å². The fourth-order valence-corrected chi connectivity index (χ4v) is 2.48. The SMILES string of the molecule is CCCCc1nnc(NC(=O)[C@H](C)Oc2ccccc2)s1. The molecule has 0 aliphatic carbocycles. The predicted octanol–water partition coefficient (Wildman–Crippen LogP) is 3.29. The maximum absolute atomic E-state index is 12.0. The Hall–Kier alpha value is -1.95. The van der Waals surface area contributed by atoms with Crippen LogP contribution in [0.1, 0.15) is 31.7 Å². The van der Waals surface area contributed by atoms with Gasteiger partial charge in [0.1, 0.15) is 10.8 Å². The zero-order valence-electron chi connectivity index (χ0n) is 12.2. The van der Waals surface area contributed by atoms with Crippen LogP contribution in [-0.4, -0.2) is 22.2 Å². The van der Waals surface area contributed by atoms with Gasteiger partial charge in [-0.25, -0.2) is 0 Å². The molecular formula is C15H19N3O2S. The number of aromatic nitrogens is 2. The molecule has 0 unspecified atom stereocenters. The van der Waals surface area contributed by atoms with Gasteiger partial charge in [-0.1, -0.05) is 42.9 Å². The number of nitrogens with one attached hydrogen (secondary N) is 1. The summed E-state index contributed by atoms with van der Waals surface area (Å²) >= 11 is 1.42. The molecule has 0 fully saturated rings. The number of amides is 1. The van der Waals surface area contributed by atoms with Gasteiger partial charge in [-0.15, -0.1) is 10.2 Å². The summed E-state index contributed by atoms with van der Waals surface area (Å²) in [7, 11) is 0. The number of para-hydroxylation sites is 1. The lowest BCUT2D eigenvalue weighted by Crippen LogP contribution is -2.30. The predicted molar refractivity (Wildman–Crippen MR) is 83.7 cm³/mol. The third kappa shape index (κ3) is 4.82. The first-order chi connectivity index (χ1) is 10.2. The van der Waals surface area contributed by atoms with Gasteiger partial charge in [0.05, 0.1) is 0 Å². The molecule has 2 aromatic rings. The topological polar surface area (TPSA) is 64.1 Å². The van der Waals surface area contributed by atoms with E-state index >= 15 is 0 Å². The Morgan fingerprint density at radius 3 is 2.81 bits per heavy atom. The van der Waals surface area contributed by atoms with E-state index in [-0.39, 0.29) is 5.91 Å².